The molecule has 2 N–H and O–H groups in total. The van der Waals surface area contributed by atoms with E-state index >= 15 is 0 Å². The van der Waals surface area contributed by atoms with Gasteiger partial charge in [0.25, 0.3) is 0 Å². The van der Waals surface area contributed by atoms with Gasteiger partial charge in [-0.1, -0.05) is 36.4 Å². The molecule has 1 amide bonds. The smallest absolute Gasteiger partial charge is 0.226 e. The first-order valence-corrected chi connectivity index (χ1v) is 13.5. The van der Waals surface area contributed by atoms with E-state index in [2.05, 4.69) is 17.4 Å². The summed E-state index contributed by atoms with van der Waals surface area (Å²) in [5.74, 6) is 0.0794. The number of β-amino-alcohol motifs (C(OH)–C–C–N with tert-alkyl or cyclic N) is 1. The molecule has 1 aromatic heterocycles. The second-order valence-corrected chi connectivity index (χ2v) is 10.8. The maximum atomic E-state index is 13.7. The van der Waals surface area contributed by atoms with Gasteiger partial charge in [0, 0.05) is 61.3 Å². The van der Waals surface area contributed by atoms with Crippen molar-refractivity contribution in [2.75, 3.05) is 39.4 Å². The van der Waals surface area contributed by atoms with E-state index < -0.39 is 5.60 Å². The monoisotopic (exact) mass is 515 g/mol. The number of likely N-dealkylation sites (tertiary alicyclic amines) is 1. The fraction of sp³-hybridized carbons (Fsp3) is 0.400. The molecule has 4 heterocycles. The maximum absolute atomic E-state index is 13.7. The Bertz CT molecular complexity index is 1410. The summed E-state index contributed by atoms with van der Waals surface area (Å²) in [6.45, 7) is 3.68. The van der Waals surface area contributed by atoms with Gasteiger partial charge in [-0.05, 0) is 55.6 Å². The Hall–Kier alpha value is -3.49. The molecule has 0 aliphatic carbocycles. The molecule has 2 fully saturated rings. The molecule has 3 aliphatic heterocycles. The van der Waals surface area contributed by atoms with E-state index in [0.29, 0.717) is 39.1 Å². The highest BCUT2D eigenvalue weighted by atomic mass is 19.1. The van der Waals surface area contributed by atoms with Crippen molar-refractivity contribution in [3.63, 3.8) is 0 Å². The molecular formula is C30H34FN5O2. The zero-order valence-electron chi connectivity index (χ0n) is 21.5. The van der Waals surface area contributed by atoms with Crippen molar-refractivity contribution in [2.24, 2.45) is 10.9 Å². The van der Waals surface area contributed by atoms with Gasteiger partial charge in [0.1, 0.15) is 18.0 Å². The number of carbonyl (C=O) groups is 1. The summed E-state index contributed by atoms with van der Waals surface area (Å²) in [7, 11) is 0. The molecule has 0 saturated carbocycles. The van der Waals surface area contributed by atoms with Crippen LogP contribution in [-0.2, 0) is 4.79 Å². The van der Waals surface area contributed by atoms with Crippen LogP contribution in [-0.4, -0.2) is 70.4 Å². The zero-order chi connectivity index (χ0) is 26.1. The van der Waals surface area contributed by atoms with Crippen LogP contribution in [0.5, 0.6) is 0 Å². The first-order chi connectivity index (χ1) is 18.5. The zero-order valence-corrected chi connectivity index (χ0v) is 21.5. The SMILES string of the molecule is O=C([C@@H]1CCNC[C@H]1c1ccccc1)N1CCC(O)(CN2C=c3ccn(-c4cccc(F)c4)c3=NC2)CC1. The van der Waals surface area contributed by atoms with Crippen LogP contribution in [0.4, 0.5) is 4.39 Å². The standard InChI is InChI=1S/C30H34FN5O2/c31-24-7-4-8-25(17-24)36-14-10-23-19-34(21-33-28(23)36)20-30(38)11-15-35(16-12-30)29(37)26-9-13-32-18-27(26)22-5-2-1-3-6-22/h1-8,10,14,17,19,26-27,32,38H,9,11-13,15-16,18,20-21H2/t26-,27+/m1/s1. The molecule has 8 heteroatoms. The number of nitrogens with zero attached hydrogens (tertiary/aromatic N) is 4. The summed E-state index contributed by atoms with van der Waals surface area (Å²) in [6.07, 6.45) is 5.84. The van der Waals surface area contributed by atoms with Crippen molar-refractivity contribution in [3.8, 4) is 5.69 Å². The summed E-state index contributed by atoms with van der Waals surface area (Å²) < 4.78 is 15.6. The first kappa shape index (κ1) is 24.8. The Balaban J connectivity index is 1.10. The van der Waals surface area contributed by atoms with Gasteiger partial charge in [-0.2, -0.15) is 0 Å². The molecule has 0 bridgehead atoms. The Morgan fingerprint density at radius 3 is 2.71 bits per heavy atom. The molecule has 6 rings (SSSR count). The van der Waals surface area contributed by atoms with E-state index in [4.69, 9.17) is 4.99 Å². The minimum absolute atomic E-state index is 0.0281. The maximum Gasteiger partial charge on any atom is 0.226 e. The van der Waals surface area contributed by atoms with Crippen LogP contribution in [0, 0.1) is 11.7 Å². The minimum atomic E-state index is -0.877. The highest BCUT2D eigenvalue weighted by molar-refractivity contribution is 5.80. The van der Waals surface area contributed by atoms with Crippen molar-refractivity contribution >= 4 is 12.1 Å². The van der Waals surface area contributed by atoms with Gasteiger partial charge in [-0.25, -0.2) is 9.38 Å². The van der Waals surface area contributed by atoms with Gasteiger partial charge in [-0.15, -0.1) is 0 Å². The predicted molar refractivity (Wildman–Crippen MR) is 143 cm³/mol. The number of aromatic nitrogens is 1. The second-order valence-electron chi connectivity index (χ2n) is 10.8. The van der Waals surface area contributed by atoms with E-state index in [1.807, 2.05) is 57.1 Å². The molecular weight excluding hydrogens is 481 g/mol. The van der Waals surface area contributed by atoms with Gasteiger partial charge < -0.3 is 24.8 Å². The van der Waals surface area contributed by atoms with E-state index in [0.717, 1.165) is 35.9 Å². The first-order valence-electron chi connectivity index (χ1n) is 13.5. The summed E-state index contributed by atoms with van der Waals surface area (Å²) in [4.78, 5) is 22.3. The highest BCUT2D eigenvalue weighted by Gasteiger charge is 2.39. The van der Waals surface area contributed by atoms with E-state index in [1.165, 1.54) is 17.7 Å². The van der Waals surface area contributed by atoms with Crippen molar-refractivity contribution in [1.82, 2.24) is 19.7 Å². The molecule has 198 valence electrons. The quantitative estimate of drug-likeness (QED) is 0.545. The van der Waals surface area contributed by atoms with E-state index in [9.17, 15) is 14.3 Å². The third-order valence-electron chi connectivity index (χ3n) is 8.23. The van der Waals surface area contributed by atoms with E-state index in [1.54, 1.807) is 6.07 Å². The summed E-state index contributed by atoms with van der Waals surface area (Å²) in [5.41, 5.74) is 1.85. The number of hydrogen-bond acceptors (Lipinski definition) is 5. The summed E-state index contributed by atoms with van der Waals surface area (Å²) in [6, 6.07) is 18.7. The highest BCUT2D eigenvalue weighted by Crippen LogP contribution is 2.33. The molecule has 2 atom stereocenters. The molecule has 2 saturated heterocycles. The second kappa shape index (κ2) is 10.3. The Morgan fingerprint density at radius 2 is 1.92 bits per heavy atom. The van der Waals surface area contributed by atoms with Crippen LogP contribution in [0.2, 0.25) is 0 Å². The lowest BCUT2D eigenvalue weighted by molar-refractivity contribution is -0.141. The minimum Gasteiger partial charge on any atom is -0.388 e. The average molecular weight is 516 g/mol. The van der Waals surface area contributed by atoms with Crippen LogP contribution in [0.25, 0.3) is 11.9 Å². The largest absolute Gasteiger partial charge is 0.388 e. The predicted octanol–water partition coefficient (Wildman–Crippen LogP) is 1.99. The van der Waals surface area contributed by atoms with E-state index in [-0.39, 0.29) is 23.6 Å². The lowest BCUT2D eigenvalue weighted by Gasteiger charge is -2.43. The van der Waals surface area contributed by atoms with Crippen LogP contribution in [0.15, 0.2) is 71.9 Å². The third kappa shape index (κ3) is 4.98. The molecule has 0 spiro atoms. The number of hydrogen-bond donors (Lipinski definition) is 2. The van der Waals surface area contributed by atoms with Crippen LogP contribution in [0.1, 0.15) is 30.7 Å². The van der Waals surface area contributed by atoms with Crippen molar-refractivity contribution in [3.05, 3.63) is 88.9 Å². The molecule has 0 radical (unpaired) electrons. The summed E-state index contributed by atoms with van der Waals surface area (Å²) in [5, 5.41) is 15.8. The molecule has 3 aliphatic rings. The number of aliphatic hydroxyl groups is 1. The van der Waals surface area contributed by atoms with Gasteiger partial charge in [0.15, 0.2) is 0 Å². The van der Waals surface area contributed by atoms with Crippen LogP contribution >= 0.6 is 0 Å². The number of fused-ring (bicyclic) bond motifs is 1. The van der Waals surface area contributed by atoms with Gasteiger partial charge in [-0.3, -0.25) is 4.79 Å². The number of nitrogens with one attached hydrogen (secondary N) is 1. The molecule has 2 aromatic carbocycles. The molecule has 3 aromatic rings. The number of halogens is 1. The number of piperidine rings is 2. The number of rotatable bonds is 5. The van der Waals surface area contributed by atoms with Crippen molar-refractivity contribution in [2.45, 2.75) is 30.8 Å². The number of benzene rings is 2. The van der Waals surface area contributed by atoms with Gasteiger partial charge in [0.05, 0.1) is 5.60 Å². The fourth-order valence-electron chi connectivity index (χ4n) is 6.15. The van der Waals surface area contributed by atoms with Crippen molar-refractivity contribution < 1.29 is 14.3 Å². The fourth-order valence-corrected chi connectivity index (χ4v) is 6.15. The average Bonchev–Trinajstić information content (AvgIpc) is 3.37. The summed E-state index contributed by atoms with van der Waals surface area (Å²) >= 11 is 0. The Labute approximate surface area is 221 Å². The molecule has 7 nitrogen and oxygen atoms in total. The third-order valence-corrected chi connectivity index (χ3v) is 8.23. The number of carbonyl (C=O) groups excluding carboxylic acids is 1. The Morgan fingerprint density at radius 1 is 1.11 bits per heavy atom. The Kier molecular flexibility index (Phi) is 6.76. The lowest BCUT2D eigenvalue weighted by atomic mass is 9.80. The normalized spacial score (nSPS) is 22.8. The van der Waals surface area contributed by atoms with Crippen LogP contribution in [0.3, 0.4) is 0 Å². The van der Waals surface area contributed by atoms with Gasteiger partial charge in [0.2, 0.25) is 5.91 Å². The van der Waals surface area contributed by atoms with Gasteiger partial charge >= 0.3 is 0 Å². The topological polar surface area (TPSA) is 73.1 Å². The molecule has 38 heavy (non-hydrogen) atoms. The number of amides is 1. The van der Waals surface area contributed by atoms with Crippen LogP contribution < -0.4 is 16.0 Å². The molecule has 0 unspecified atom stereocenters. The van der Waals surface area contributed by atoms with Crippen molar-refractivity contribution in [1.29, 1.82) is 0 Å². The lowest BCUT2D eigenvalue weighted by Crippen LogP contribution is -2.54.